The molecule has 2 aromatic carbocycles. The highest BCUT2D eigenvalue weighted by Gasteiger charge is 2.51. The third-order valence-electron chi connectivity index (χ3n) is 7.28. The SMILES string of the molecule is COC(C)C(NC(=O)OCC1c2ccccc2-c2ccccc21)C(=O)N(C)C1(C(=O)O)CCC1. The normalized spacial score (nSPS) is 17.5. The first-order valence-electron chi connectivity index (χ1n) is 11.5. The van der Waals surface area contributed by atoms with Crippen molar-refractivity contribution in [2.24, 2.45) is 0 Å². The number of carbonyl (C=O) groups excluding carboxylic acids is 2. The van der Waals surface area contributed by atoms with Crippen molar-refractivity contribution in [1.82, 2.24) is 10.2 Å². The molecule has 8 heteroatoms. The minimum atomic E-state index is -1.24. The van der Waals surface area contributed by atoms with Crippen LogP contribution in [0.2, 0.25) is 0 Å². The Bertz CT molecular complexity index is 1050. The maximum atomic E-state index is 13.2. The molecule has 0 aliphatic heterocycles. The first-order chi connectivity index (χ1) is 16.3. The lowest BCUT2D eigenvalue weighted by Crippen LogP contribution is -2.64. The zero-order chi connectivity index (χ0) is 24.5. The summed E-state index contributed by atoms with van der Waals surface area (Å²) in [6.07, 6.45) is 0.0541. The molecule has 8 nitrogen and oxygen atoms in total. The molecule has 2 aliphatic carbocycles. The number of carbonyl (C=O) groups is 3. The second-order valence-corrected chi connectivity index (χ2v) is 8.98. The number of likely N-dealkylation sites (N-methyl/N-ethyl adjacent to an activating group) is 1. The smallest absolute Gasteiger partial charge is 0.407 e. The topological polar surface area (TPSA) is 105 Å². The van der Waals surface area contributed by atoms with E-state index in [0.717, 1.165) is 28.7 Å². The second kappa shape index (κ2) is 9.46. The summed E-state index contributed by atoms with van der Waals surface area (Å²) in [6, 6.07) is 15.0. The first kappa shape index (κ1) is 23.8. The Morgan fingerprint density at radius 2 is 1.65 bits per heavy atom. The molecule has 4 rings (SSSR count). The molecule has 2 aliphatic rings. The Morgan fingerprint density at radius 3 is 2.12 bits per heavy atom. The summed E-state index contributed by atoms with van der Waals surface area (Å²) < 4.78 is 10.9. The molecule has 1 saturated carbocycles. The molecule has 0 radical (unpaired) electrons. The molecule has 0 bridgehead atoms. The summed E-state index contributed by atoms with van der Waals surface area (Å²) in [6.45, 7) is 1.76. The second-order valence-electron chi connectivity index (χ2n) is 8.98. The monoisotopic (exact) mass is 466 g/mol. The fourth-order valence-electron chi connectivity index (χ4n) is 4.91. The minimum Gasteiger partial charge on any atom is -0.479 e. The van der Waals surface area contributed by atoms with Gasteiger partial charge in [0, 0.05) is 20.1 Å². The van der Waals surface area contributed by atoms with Gasteiger partial charge in [-0.25, -0.2) is 9.59 Å². The Morgan fingerprint density at radius 1 is 1.09 bits per heavy atom. The number of fused-ring (bicyclic) bond motifs is 3. The molecular weight excluding hydrogens is 436 g/mol. The van der Waals surface area contributed by atoms with Crippen LogP contribution in [0.15, 0.2) is 48.5 Å². The van der Waals surface area contributed by atoms with Crippen LogP contribution in [0.25, 0.3) is 11.1 Å². The van der Waals surface area contributed by atoms with Gasteiger partial charge in [-0.05, 0) is 48.4 Å². The molecular formula is C26H30N2O6. The highest BCUT2D eigenvalue weighted by atomic mass is 16.5. The van der Waals surface area contributed by atoms with Crippen LogP contribution < -0.4 is 5.32 Å². The van der Waals surface area contributed by atoms with E-state index in [-0.39, 0.29) is 12.5 Å². The number of alkyl carbamates (subject to hydrolysis) is 1. The predicted molar refractivity (Wildman–Crippen MR) is 125 cm³/mol. The van der Waals surface area contributed by atoms with E-state index in [9.17, 15) is 19.5 Å². The molecule has 2 aromatic rings. The molecule has 1 fully saturated rings. The number of methoxy groups -OCH3 is 1. The number of nitrogens with zero attached hydrogens (tertiary/aromatic N) is 1. The van der Waals surface area contributed by atoms with E-state index in [0.29, 0.717) is 12.8 Å². The van der Waals surface area contributed by atoms with Crippen molar-refractivity contribution in [2.75, 3.05) is 20.8 Å². The predicted octanol–water partition coefficient (Wildman–Crippen LogP) is 3.39. The van der Waals surface area contributed by atoms with Crippen molar-refractivity contribution in [1.29, 1.82) is 0 Å². The number of aliphatic carboxylic acids is 1. The number of benzene rings is 2. The van der Waals surface area contributed by atoms with Gasteiger partial charge in [0.2, 0.25) is 5.91 Å². The average Bonchev–Trinajstić information content (AvgIpc) is 3.13. The standard InChI is InChI=1S/C26H30N2O6/c1-16(33-3)22(23(29)28(2)26(24(30)31)13-8-14-26)27-25(32)34-15-21-19-11-6-4-9-17(19)18-10-5-7-12-20(18)21/h4-7,9-12,16,21-22H,8,13-15H2,1-3H3,(H,27,32)(H,30,31). The number of carboxylic acid groups (broad SMARTS) is 1. The summed E-state index contributed by atoms with van der Waals surface area (Å²) >= 11 is 0. The fourth-order valence-corrected chi connectivity index (χ4v) is 4.91. The van der Waals surface area contributed by atoms with Crippen LogP contribution in [0.4, 0.5) is 4.79 Å². The lowest BCUT2D eigenvalue weighted by molar-refractivity contribution is -0.166. The van der Waals surface area contributed by atoms with Crippen LogP contribution >= 0.6 is 0 Å². The number of hydrogen-bond donors (Lipinski definition) is 2. The van der Waals surface area contributed by atoms with Crippen molar-refractivity contribution in [3.05, 3.63) is 59.7 Å². The molecule has 0 spiro atoms. The molecule has 2 atom stereocenters. The van der Waals surface area contributed by atoms with E-state index in [1.807, 2.05) is 36.4 Å². The lowest BCUT2D eigenvalue weighted by atomic mass is 9.75. The number of rotatable bonds is 8. The Hall–Kier alpha value is -3.39. The maximum absolute atomic E-state index is 13.2. The van der Waals surface area contributed by atoms with Crippen LogP contribution in [0.1, 0.15) is 43.2 Å². The highest BCUT2D eigenvalue weighted by Crippen LogP contribution is 2.44. The van der Waals surface area contributed by atoms with Gasteiger partial charge in [-0.3, -0.25) is 4.79 Å². The quantitative estimate of drug-likeness (QED) is 0.618. The van der Waals surface area contributed by atoms with Gasteiger partial charge in [-0.15, -0.1) is 0 Å². The summed E-state index contributed by atoms with van der Waals surface area (Å²) in [5.74, 6) is -1.68. The molecule has 0 saturated heterocycles. The summed E-state index contributed by atoms with van der Waals surface area (Å²) in [5.41, 5.74) is 3.17. The van der Waals surface area contributed by atoms with Crippen molar-refractivity contribution < 1.29 is 29.0 Å². The van der Waals surface area contributed by atoms with Gasteiger partial charge < -0.3 is 24.8 Å². The van der Waals surface area contributed by atoms with E-state index < -0.39 is 35.7 Å². The van der Waals surface area contributed by atoms with Gasteiger partial charge in [0.1, 0.15) is 18.2 Å². The largest absolute Gasteiger partial charge is 0.479 e. The van der Waals surface area contributed by atoms with Crippen molar-refractivity contribution in [2.45, 2.75) is 49.8 Å². The zero-order valence-corrected chi connectivity index (χ0v) is 19.6. The molecule has 0 aromatic heterocycles. The summed E-state index contributed by atoms with van der Waals surface area (Å²) in [7, 11) is 2.89. The Balaban J connectivity index is 1.46. The Labute approximate surface area is 198 Å². The number of amides is 2. The molecule has 2 unspecified atom stereocenters. The fraction of sp³-hybridized carbons (Fsp3) is 0.423. The van der Waals surface area contributed by atoms with E-state index in [1.54, 1.807) is 6.92 Å². The molecule has 0 heterocycles. The number of carboxylic acids is 1. The maximum Gasteiger partial charge on any atom is 0.407 e. The van der Waals surface area contributed by atoms with Crippen LogP contribution in [0.3, 0.4) is 0 Å². The van der Waals surface area contributed by atoms with Crippen LogP contribution in [0.5, 0.6) is 0 Å². The summed E-state index contributed by atoms with van der Waals surface area (Å²) in [5, 5.41) is 12.3. The van der Waals surface area contributed by atoms with E-state index in [4.69, 9.17) is 9.47 Å². The van der Waals surface area contributed by atoms with Crippen molar-refractivity contribution in [3.63, 3.8) is 0 Å². The molecule has 2 amide bonds. The van der Waals surface area contributed by atoms with E-state index in [2.05, 4.69) is 17.4 Å². The van der Waals surface area contributed by atoms with Gasteiger partial charge in [-0.2, -0.15) is 0 Å². The van der Waals surface area contributed by atoms with Gasteiger partial charge in [0.15, 0.2) is 0 Å². The minimum absolute atomic E-state index is 0.108. The van der Waals surface area contributed by atoms with Crippen LogP contribution in [-0.2, 0) is 19.1 Å². The molecule has 34 heavy (non-hydrogen) atoms. The average molecular weight is 467 g/mol. The van der Waals surface area contributed by atoms with Gasteiger partial charge in [0.05, 0.1) is 6.10 Å². The zero-order valence-electron chi connectivity index (χ0n) is 19.6. The number of ether oxygens (including phenoxy) is 2. The third kappa shape index (κ3) is 4.03. The lowest BCUT2D eigenvalue weighted by Gasteiger charge is -2.46. The van der Waals surface area contributed by atoms with Crippen molar-refractivity contribution in [3.8, 4) is 11.1 Å². The Kier molecular flexibility index (Phi) is 6.61. The van der Waals surface area contributed by atoms with Gasteiger partial charge in [0.25, 0.3) is 0 Å². The molecule has 180 valence electrons. The van der Waals surface area contributed by atoms with E-state index in [1.165, 1.54) is 19.1 Å². The van der Waals surface area contributed by atoms with Gasteiger partial charge >= 0.3 is 12.1 Å². The van der Waals surface area contributed by atoms with Crippen LogP contribution in [-0.4, -0.2) is 66.4 Å². The summed E-state index contributed by atoms with van der Waals surface area (Å²) in [4.78, 5) is 39.1. The highest BCUT2D eigenvalue weighted by molar-refractivity contribution is 5.92. The molecule has 2 N–H and O–H groups in total. The van der Waals surface area contributed by atoms with E-state index >= 15 is 0 Å². The van der Waals surface area contributed by atoms with Gasteiger partial charge in [-0.1, -0.05) is 48.5 Å². The number of nitrogens with one attached hydrogen (secondary N) is 1. The third-order valence-corrected chi connectivity index (χ3v) is 7.28. The van der Waals surface area contributed by atoms with Crippen LogP contribution in [0, 0.1) is 0 Å². The first-order valence-corrected chi connectivity index (χ1v) is 11.5. The number of hydrogen-bond acceptors (Lipinski definition) is 5. The van der Waals surface area contributed by atoms with Crippen molar-refractivity contribution >= 4 is 18.0 Å².